The van der Waals surface area contributed by atoms with E-state index in [1.807, 2.05) is 32.9 Å². The number of ether oxygens (including phenoxy) is 2. The van der Waals surface area contributed by atoms with Gasteiger partial charge in [0.05, 0.1) is 17.8 Å². The zero-order valence-electron chi connectivity index (χ0n) is 22.1. The lowest BCUT2D eigenvalue weighted by atomic mass is 9.99. The van der Waals surface area contributed by atoms with Crippen molar-refractivity contribution < 1.29 is 14.3 Å². The van der Waals surface area contributed by atoms with Gasteiger partial charge in [-0.1, -0.05) is 36.4 Å². The molecule has 9 nitrogen and oxygen atoms in total. The molecule has 1 aromatic heterocycles. The molecule has 5 rings (SSSR count). The molecule has 3 heterocycles. The number of carbonyl (C=O) groups is 1. The van der Waals surface area contributed by atoms with E-state index in [0.717, 1.165) is 47.0 Å². The van der Waals surface area contributed by atoms with E-state index in [-0.39, 0.29) is 12.1 Å². The third-order valence-corrected chi connectivity index (χ3v) is 6.65. The number of nitrogens with one attached hydrogen (secondary N) is 3. The maximum atomic E-state index is 12.3. The molecule has 0 bridgehead atoms. The molecule has 1 amide bonds. The fourth-order valence-corrected chi connectivity index (χ4v) is 4.77. The Balaban J connectivity index is 1.27. The summed E-state index contributed by atoms with van der Waals surface area (Å²) in [4.78, 5) is 23.3. The molecule has 9 heteroatoms. The number of carbonyl (C=O) groups excluding carboxylic acids is 1. The van der Waals surface area contributed by atoms with Gasteiger partial charge in [-0.2, -0.15) is 0 Å². The highest BCUT2D eigenvalue weighted by Crippen LogP contribution is 2.39. The quantitative estimate of drug-likeness (QED) is 0.391. The summed E-state index contributed by atoms with van der Waals surface area (Å²) in [6.07, 6.45) is 7.03. The number of para-hydroxylation sites is 2. The lowest BCUT2D eigenvalue weighted by molar-refractivity contribution is 0.0201. The van der Waals surface area contributed by atoms with Crippen LogP contribution in [0, 0.1) is 5.41 Å². The molecule has 198 valence electrons. The molecule has 2 aliphatic rings. The van der Waals surface area contributed by atoms with Crippen LogP contribution in [0.4, 0.5) is 10.7 Å². The van der Waals surface area contributed by atoms with Gasteiger partial charge in [0.15, 0.2) is 0 Å². The molecular weight excluding hydrogens is 480 g/mol. The summed E-state index contributed by atoms with van der Waals surface area (Å²) in [5.74, 6) is 1.34. The predicted octanol–water partition coefficient (Wildman–Crippen LogP) is 5.12. The molecule has 1 fully saturated rings. The SMILES string of the molecule is CC(C)(C)OC(=O)N1CCC(N/C=C(\C=N)Nc2ncc3cccc(-c4cccc5c4OCC5)c3n2)CC1. The second-order valence-electron chi connectivity index (χ2n) is 10.6. The lowest BCUT2D eigenvalue weighted by Gasteiger charge is -2.33. The van der Waals surface area contributed by atoms with Gasteiger partial charge in [0, 0.05) is 60.7 Å². The third-order valence-electron chi connectivity index (χ3n) is 6.65. The van der Waals surface area contributed by atoms with Crippen LogP contribution in [0.3, 0.4) is 0 Å². The van der Waals surface area contributed by atoms with Crippen molar-refractivity contribution in [3.8, 4) is 16.9 Å². The fraction of sp³-hybridized carbons (Fsp3) is 0.379. The van der Waals surface area contributed by atoms with Gasteiger partial charge < -0.3 is 30.4 Å². The van der Waals surface area contributed by atoms with E-state index in [1.165, 1.54) is 11.8 Å². The molecule has 2 aromatic carbocycles. The molecular formula is C29H34N6O3. The summed E-state index contributed by atoms with van der Waals surface area (Å²) in [6.45, 7) is 7.56. The largest absolute Gasteiger partial charge is 0.492 e. The number of likely N-dealkylation sites (tertiary alicyclic amines) is 1. The van der Waals surface area contributed by atoms with Crippen molar-refractivity contribution in [2.24, 2.45) is 0 Å². The van der Waals surface area contributed by atoms with E-state index in [0.29, 0.717) is 31.3 Å². The standard InChI is InChI=1S/C29H34N6O3/c1-29(2,3)38-28(36)35-13-10-21(11-14-35)31-18-22(16-30)33-27-32-17-20-7-5-8-23(25(20)34-27)24-9-4-6-19-12-15-37-26(19)24/h4-9,16-18,21,30-31H,10-15H2,1-3H3,(H,32,33,34)/b22-18+,30-16?. The summed E-state index contributed by atoms with van der Waals surface area (Å²) in [5.41, 5.74) is 4.09. The number of benzene rings is 2. The van der Waals surface area contributed by atoms with Gasteiger partial charge in [0.2, 0.25) is 5.95 Å². The number of piperidine rings is 1. The summed E-state index contributed by atoms with van der Waals surface area (Å²) in [6, 6.07) is 12.5. The Morgan fingerprint density at radius 2 is 1.92 bits per heavy atom. The van der Waals surface area contributed by atoms with E-state index in [2.05, 4.69) is 39.9 Å². The molecule has 2 aliphatic heterocycles. The second kappa shape index (κ2) is 10.7. The van der Waals surface area contributed by atoms with Gasteiger partial charge in [-0.3, -0.25) is 0 Å². The Kier molecular flexibility index (Phi) is 7.18. The summed E-state index contributed by atoms with van der Waals surface area (Å²) in [5, 5.41) is 15.4. The van der Waals surface area contributed by atoms with Crippen LogP contribution in [0.2, 0.25) is 0 Å². The first kappa shape index (κ1) is 25.5. The third kappa shape index (κ3) is 5.72. The molecule has 0 atom stereocenters. The first-order valence-corrected chi connectivity index (χ1v) is 13.0. The highest BCUT2D eigenvalue weighted by atomic mass is 16.6. The van der Waals surface area contributed by atoms with E-state index in [1.54, 1.807) is 17.3 Å². The summed E-state index contributed by atoms with van der Waals surface area (Å²) in [7, 11) is 0. The van der Waals surface area contributed by atoms with E-state index >= 15 is 0 Å². The second-order valence-corrected chi connectivity index (χ2v) is 10.6. The Morgan fingerprint density at radius 1 is 1.16 bits per heavy atom. The maximum Gasteiger partial charge on any atom is 0.410 e. The topological polar surface area (TPSA) is 112 Å². The average molecular weight is 515 g/mol. The molecule has 0 radical (unpaired) electrons. The van der Waals surface area contributed by atoms with E-state index in [4.69, 9.17) is 19.9 Å². The van der Waals surface area contributed by atoms with Crippen LogP contribution >= 0.6 is 0 Å². The zero-order valence-corrected chi connectivity index (χ0v) is 22.1. The molecule has 0 spiro atoms. The number of nitrogens with zero attached hydrogens (tertiary/aromatic N) is 3. The molecule has 38 heavy (non-hydrogen) atoms. The van der Waals surface area contributed by atoms with Crippen LogP contribution in [-0.4, -0.2) is 58.5 Å². The van der Waals surface area contributed by atoms with Crippen LogP contribution in [0.25, 0.3) is 22.0 Å². The fourth-order valence-electron chi connectivity index (χ4n) is 4.77. The van der Waals surface area contributed by atoms with Crippen molar-refractivity contribution in [3.63, 3.8) is 0 Å². The van der Waals surface area contributed by atoms with Crippen LogP contribution in [0.1, 0.15) is 39.2 Å². The van der Waals surface area contributed by atoms with E-state index in [9.17, 15) is 4.79 Å². The smallest absolute Gasteiger partial charge is 0.410 e. The number of hydrogen-bond donors (Lipinski definition) is 3. The highest BCUT2D eigenvalue weighted by Gasteiger charge is 2.26. The van der Waals surface area contributed by atoms with Gasteiger partial charge >= 0.3 is 6.09 Å². The summed E-state index contributed by atoms with van der Waals surface area (Å²) >= 11 is 0. The maximum absolute atomic E-state index is 12.3. The van der Waals surface area contributed by atoms with Crippen molar-refractivity contribution in [2.75, 3.05) is 25.0 Å². The number of anilines is 1. The normalized spacial score (nSPS) is 16.1. The molecule has 3 aromatic rings. The molecule has 0 saturated carbocycles. The number of rotatable bonds is 6. The van der Waals surface area contributed by atoms with Crippen LogP contribution in [0.15, 0.2) is 54.5 Å². The highest BCUT2D eigenvalue weighted by molar-refractivity contribution is 5.96. The molecule has 3 N–H and O–H groups in total. The van der Waals surface area contributed by atoms with Gasteiger partial charge in [0.1, 0.15) is 11.4 Å². The van der Waals surface area contributed by atoms with Crippen molar-refractivity contribution >= 4 is 29.2 Å². The van der Waals surface area contributed by atoms with Crippen molar-refractivity contribution in [2.45, 2.75) is 51.7 Å². The molecule has 1 saturated heterocycles. The number of allylic oxidation sites excluding steroid dienone is 1. The average Bonchev–Trinajstić information content (AvgIpc) is 3.39. The Labute approximate surface area is 222 Å². The van der Waals surface area contributed by atoms with Crippen LogP contribution in [-0.2, 0) is 11.2 Å². The van der Waals surface area contributed by atoms with Crippen LogP contribution in [0.5, 0.6) is 5.75 Å². The Morgan fingerprint density at radius 3 is 2.68 bits per heavy atom. The minimum absolute atomic E-state index is 0.190. The van der Waals surface area contributed by atoms with Crippen molar-refractivity contribution in [1.29, 1.82) is 5.41 Å². The van der Waals surface area contributed by atoms with E-state index < -0.39 is 5.60 Å². The monoisotopic (exact) mass is 514 g/mol. The minimum Gasteiger partial charge on any atom is -0.492 e. The van der Waals surface area contributed by atoms with Gasteiger partial charge in [-0.05, 0) is 39.2 Å². The number of fused-ring (bicyclic) bond motifs is 2. The first-order chi connectivity index (χ1) is 18.3. The number of aromatic nitrogens is 2. The Bertz CT molecular complexity index is 1370. The van der Waals surface area contributed by atoms with Gasteiger partial charge in [-0.15, -0.1) is 0 Å². The zero-order chi connectivity index (χ0) is 26.7. The minimum atomic E-state index is -0.500. The predicted molar refractivity (Wildman–Crippen MR) is 149 cm³/mol. The lowest BCUT2D eigenvalue weighted by Crippen LogP contribution is -2.45. The first-order valence-electron chi connectivity index (χ1n) is 13.0. The van der Waals surface area contributed by atoms with Crippen molar-refractivity contribution in [3.05, 3.63) is 60.1 Å². The molecule has 0 aliphatic carbocycles. The summed E-state index contributed by atoms with van der Waals surface area (Å²) < 4.78 is 11.4. The Hall–Kier alpha value is -4.14. The molecule has 0 unspecified atom stereocenters. The van der Waals surface area contributed by atoms with Crippen molar-refractivity contribution in [1.82, 2.24) is 20.2 Å². The number of amides is 1. The number of hydrogen-bond acceptors (Lipinski definition) is 8. The van der Waals surface area contributed by atoms with Gasteiger partial charge in [-0.25, -0.2) is 14.8 Å². The van der Waals surface area contributed by atoms with Gasteiger partial charge in [0.25, 0.3) is 0 Å². The van der Waals surface area contributed by atoms with Crippen LogP contribution < -0.4 is 15.4 Å².